The highest BCUT2D eigenvalue weighted by Gasteiger charge is 2.35. The summed E-state index contributed by atoms with van der Waals surface area (Å²) in [5.41, 5.74) is -0.456. The summed E-state index contributed by atoms with van der Waals surface area (Å²) in [6.07, 6.45) is 3.96. The summed E-state index contributed by atoms with van der Waals surface area (Å²) >= 11 is 0. The molecule has 6 nitrogen and oxygen atoms in total. The molecule has 1 amide bonds. The van der Waals surface area contributed by atoms with Crippen molar-refractivity contribution in [2.24, 2.45) is 0 Å². The first kappa shape index (κ1) is 12.7. The smallest absolute Gasteiger partial charge is 0.410 e. The highest BCUT2D eigenvalue weighted by Crippen LogP contribution is 2.22. The number of hydrogen-bond acceptors (Lipinski definition) is 4. The van der Waals surface area contributed by atoms with E-state index in [1.165, 1.54) is 0 Å². The second-order valence-corrected chi connectivity index (χ2v) is 5.36. The number of carbonyl (C=O) groups is 1. The molecule has 0 spiro atoms. The number of carbonyl (C=O) groups excluding carboxylic acids is 1. The van der Waals surface area contributed by atoms with Crippen LogP contribution in [0.5, 0.6) is 5.75 Å². The molecule has 6 heteroatoms. The third kappa shape index (κ3) is 3.15. The van der Waals surface area contributed by atoms with Crippen LogP contribution in [0.2, 0.25) is 0 Å². The summed E-state index contributed by atoms with van der Waals surface area (Å²) in [4.78, 5) is 13.5. The number of hydrogen-bond donors (Lipinski definition) is 1. The predicted molar refractivity (Wildman–Crippen MR) is 65.4 cm³/mol. The summed E-state index contributed by atoms with van der Waals surface area (Å²) < 4.78 is 10.8. The molecule has 0 radical (unpaired) electrons. The highest BCUT2D eigenvalue weighted by molar-refractivity contribution is 5.69. The van der Waals surface area contributed by atoms with Crippen LogP contribution in [0.4, 0.5) is 4.79 Å². The van der Waals surface area contributed by atoms with Gasteiger partial charge in [-0.15, -0.1) is 0 Å². The fourth-order valence-corrected chi connectivity index (χ4v) is 1.69. The van der Waals surface area contributed by atoms with Crippen molar-refractivity contribution in [2.45, 2.75) is 38.8 Å². The van der Waals surface area contributed by atoms with E-state index >= 15 is 0 Å². The SMILES string of the molecule is CC(C)(C)OC(=O)N1CC[C@@H]1COc1cn[nH]c1. The lowest BCUT2D eigenvalue weighted by molar-refractivity contribution is -0.0141. The van der Waals surface area contributed by atoms with Crippen molar-refractivity contribution in [1.29, 1.82) is 0 Å². The van der Waals surface area contributed by atoms with Crippen molar-refractivity contribution < 1.29 is 14.3 Å². The molecular weight excluding hydrogens is 234 g/mol. The Hall–Kier alpha value is -1.72. The molecule has 1 fully saturated rings. The Kier molecular flexibility index (Phi) is 3.45. The molecule has 1 saturated heterocycles. The first-order valence-corrected chi connectivity index (χ1v) is 6.07. The van der Waals surface area contributed by atoms with Gasteiger partial charge >= 0.3 is 6.09 Å². The van der Waals surface area contributed by atoms with Crippen LogP contribution in [-0.4, -0.2) is 46.0 Å². The van der Waals surface area contributed by atoms with Crippen molar-refractivity contribution in [2.75, 3.05) is 13.2 Å². The van der Waals surface area contributed by atoms with Gasteiger partial charge in [0.2, 0.25) is 0 Å². The molecule has 0 aromatic carbocycles. The van der Waals surface area contributed by atoms with Crippen molar-refractivity contribution in [1.82, 2.24) is 15.1 Å². The molecule has 1 atom stereocenters. The lowest BCUT2D eigenvalue weighted by Gasteiger charge is -2.40. The Morgan fingerprint density at radius 3 is 2.89 bits per heavy atom. The fourth-order valence-electron chi connectivity index (χ4n) is 1.69. The molecule has 2 heterocycles. The first-order chi connectivity index (χ1) is 8.46. The number of rotatable bonds is 3. The van der Waals surface area contributed by atoms with Gasteiger partial charge in [0.15, 0.2) is 5.75 Å². The summed E-state index contributed by atoms with van der Waals surface area (Å²) in [5, 5.41) is 6.47. The zero-order valence-electron chi connectivity index (χ0n) is 11.0. The average Bonchev–Trinajstić information content (AvgIpc) is 2.65. The predicted octanol–water partition coefficient (Wildman–Crippen LogP) is 1.80. The van der Waals surface area contributed by atoms with Gasteiger partial charge in [-0.05, 0) is 27.2 Å². The van der Waals surface area contributed by atoms with Crippen molar-refractivity contribution in [3.8, 4) is 5.75 Å². The molecule has 0 aliphatic carbocycles. The lowest BCUT2D eigenvalue weighted by atomic mass is 10.1. The molecule has 1 aromatic rings. The third-order valence-corrected chi connectivity index (χ3v) is 2.69. The lowest BCUT2D eigenvalue weighted by Crippen LogP contribution is -2.55. The van der Waals surface area contributed by atoms with Gasteiger partial charge in [0, 0.05) is 6.54 Å². The van der Waals surface area contributed by atoms with Crippen molar-refractivity contribution >= 4 is 6.09 Å². The van der Waals surface area contributed by atoms with E-state index in [-0.39, 0.29) is 12.1 Å². The Balaban J connectivity index is 1.79. The number of nitrogens with zero attached hydrogens (tertiary/aromatic N) is 2. The molecule has 18 heavy (non-hydrogen) atoms. The summed E-state index contributed by atoms with van der Waals surface area (Å²) in [6, 6.07) is 0.0924. The number of ether oxygens (including phenoxy) is 2. The molecule has 1 N–H and O–H groups in total. The quantitative estimate of drug-likeness (QED) is 0.891. The molecular formula is C12H19N3O3. The summed E-state index contributed by atoms with van der Waals surface area (Å²) in [6.45, 7) is 6.79. The van der Waals surface area contributed by atoms with Gasteiger partial charge in [0.05, 0.1) is 18.4 Å². The number of amides is 1. The van der Waals surface area contributed by atoms with Crippen LogP contribution >= 0.6 is 0 Å². The third-order valence-electron chi connectivity index (χ3n) is 2.69. The van der Waals surface area contributed by atoms with Gasteiger partial charge in [-0.3, -0.25) is 5.10 Å². The minimum absolute atomic E-state index is 0.0924. The van der Waals surface area contributed by atoms with Crippen molar-refractivity contribution in [3.05, 3.63) is 12.4 Å². The minimum Gasteiger partial charge on any atom is -0.488 e. The number of likely N-dealkylation sites (tertiary alicyclic amines) is 1. The van der Waals surface area contributed by atoms with Crippen LogP contribution in [0.25, 0.3) is 0 Å². The van der Waals surface area contributed by atoms with Crippen LogP contribution in [0, 0.1) is 0 Å². The topological polar surface area (TPSA) is 67.4 Å². The number of aromatic amines is 1. The van der Waals surface area contributed by atoms with Crippen molar-refractivity contribution in [3.63, 3.8) is 0 Å². The monoisotopic (exact) mass is 253 g/mol. The summed E-state index contributed by atoms with van der Waals surface area (Å²) in [7, 11) is 0. The summed E-state index contributed by atoms with van der Waals surface area (Å²) in [5.74, 6) is 0.686. The maximum Gasteiger partial charge on any atom is 0.410 e. The molecule has 0 unspecified atom stereocenters. The van der Waals surface area contributed by atoms with E-state index in [4.69, 9.17) is 9.47 Å². The zero-order valence-corrected chi connectivity index (χ0v) is 11.0. The number of nitrogens with one attached hydrogen (secondary N) is 1. The zero-order chi connectivity index (χ0) is 13.2. The second-order valence-electron chi connectivity index (χ2n) is 5.36. The molecule has 0 bridgehead atoms. The Labute approximate surface area is 106 Å². The van der Waals surface area contributed by atoms with Gasteiger partial charge in [0.25, 0.3) is 0 Å². The van der Waals surface area contributed by atoms with Gasteiger partial charge in [-0.2, -0.15) is 5.10 Å². The van der Waals surface area contributed by atoms with Gasteiger partial charge in [-0.25, -0.2) is 4.79 Å². The molecule has 1 aromatic heterocycles. The van der Waals surface area contributed by atoms with Gasteiger partial charge in [0.1, 0.15) is 12.2 Å². The fraction of sp³-hybridized carbons (Fsp3) is 0.667. The molecule has 2 rings (SSSR count). The standard InChI is InChI=1S/C12H19N3O3/c1-12(2,3)18-11(16)15-5-4-9(15)8-17-10-6-13-14-7-10/h6-7,9H,4-5,8H2,1-3H3,(H,13,14)/t9-/m1/s1. The van der Waals surface area contributed by atoms with Gasteiger partial charge in [-0.1, -0.05) is 0 Å². The maximum atomic E-state index is 11.8. The van der Waals surface area contributed by atoms with Crippen LogP contribution in [0.1, 0.15) is 27.2 Å². The second kappa shape index (κ2) is 4.88. The Bertz CT molecular complexity index is 397. The van der Waals surface area contributed by atoms with Crippen LogP contribution in [-0.2, 0) is 4.74 Å². The van der Waals surface area contributed by atoms with Crippen LogP contribution in [0.3, 0.4) is 0 Å². The van der Waals surface area contributed by atoms with E-state index in [1.54, 1.807) is 17.3 Å². The van der Waals surface area contributed by atoms with E-state index in [0.717, 1.165) is 13.0 Å². The van der Waals surface area contributed by atoms with E-state index in [9.17, 15) is 4.79 Å². The van der Waals surface area contributed by atoms with Gasteiger partial charge < -0.3 is 14.4 Å². The van der Waals surface area contributed by atoms with E-state index in [1.807, 2.05) is 20.8 Å². The molecule has 100 valence electrons. The van der Waals surface area contributed by atoms with Crippen LogP contribution < -0.4 is 4.74 Å². The molecule has 0 saturated carbocycles. The largest absolute Gasteiger partial charge is 0.488 e. The van der Waals surface area contributed by atoms with E-state index in [2.05, 4.69) is 10.2 Å². The maximum absolute atomic E-state index is 11.8. The highest BCUT2D eigenvalue weighted by atomic mass is 16.6. The first-order valence-electron chi connectivity index (χ1n) is 6.07. The minimum atomic E-state index is -0.456. The normalized spacial score (nSPS) is 19.3. The van der Waals surface area contributed by atoms with E-state index < -0.39 is 5.60 Å². The Morgan fingerprint density at radius 2 is 2.39 bits per heavy atom. The molecule has 1 aliphatic heterocycles. The molecule has 1 aliphatic rings. The van der Waals surface area contributed by atoms with Crippen LogP contribution in [0.15, 0.2) is 12.4 Å². The Morgan fingerprint density at radius 1 is 1.61 bits per heavy atom. The number of H-pyrrole nitrogens is 1. The average molecular weight is 253 g/mol. The van der Waals surface area contributed by atoms with E-state index in [0.29, 0.717) is 12.4 Å². The number of aromatic nitrogens is 2.